The smallest absolute Gasteiger partial charge is 0.160 e. The van der Waals surface area contributed by atoms with Crippen molar-refractivity contribution in [1.29, 1.82) is 0 Å². The van der Waals surface area contributed by atoms with Gasteiger partial charge >= 0.3 is 0 Å². The molecule has 0 fully saturated rings. The summed E-state index contributed by atoms with van der Waals surface area (Å²) in [5, 5.41) is 2.19. The minimum Gasteiger partial charge on any atom is -0.264 e. The minimum atomic E-state index is 0.672. The number of pyridine rings is 3. The number of nitrogens with zero attached hydrogens (tertiary/aromatic N) is 5. The highest BCUT2D eigenvalue weighted by atomic mass is 14.9. The normalized spacial score (nSPS) is 11.5. The molecule has 0 bridgehead atoms. The number of allylic oxidation sites excluding steroid dienone is 2. The molecular weight excluding hydrogens is 755 g/mol. The van der Waals surface area contributed by atoms with Crippen molar-refractivity contribution in [3.63, 3.8) is 0 Å². The van der Waals surface area contributed by atoms with Crippen LogP contribution in [0.4, 0.5) is 0 Å². The van der Waals surface area contributed by atoms with Gasteiger partial charge in [0.05, 0.1) is 33.8 Å². The van der Waals surface area contributed by atoms with Gasteiger partial charge in [-0.2, -0.15) is 0 Å². The van der Waals surface area contributed by atoms with Gasteiger partial charge in [0.25, 0.3) is 0 Å². The van der Waals surface area contributed by atoms with Gasteiger partial charge in [0, 0.05) is 56.5 Å². The average Bonchev–Trinajstić information content (AvgIpc) is 3.34. The highest BCUT2D eigenvalue weighted by Gasteiger charge is 2.15. The van der Waals surface area contributed by atoms with Crippen molar-refractivity contribution < 1.29 is 0 Å². The molecule has 0 N–H and O–H groups in total. The van der Waals surface area contributed by atoms with Crippen molar-refractivity contribution in [3.05, 3.63) is 229 Å². The van der Waals surface area contributed by atoms with Gasteiger partial charge in [0.15, 0.2) is 5.82 Å². The van der Waals surface area contributed by atoms with Gasteiger partial charge in [-0.3, -0.25) is 4.98 Å². The Morgan fingerprint density at radius 1 is 0.452 bits per heavy atom. The fraction of sp³-hybridized carbons (Fsp3) is 0.0351. The molecule has 0 spiro atoms. The number of fused-ring (bicyclic) bond motifs is 3. The van der Waals surface area contributed by atoms with Crippen LogP contribution < -0.4 is 0 Å². The number of benzene rings is 6. The number of aryl methyl sites for hydroxylation is 2. The Kier molecular flexibility index (Phi) is 10.1. The Balaban J connectivity index is 0.966. The van der Waals surface area contributed by atoms with Gasteiger partial charge < -0.3 is 0 Å². The molecule has 5 nitrogen and oxygen atoms in total. The lowest BCUT2D eigenvalue weighted by molar-refractivity contribution is 1.18. The van der Waals surface area contributed by atoms with E-state index in [1.54, 1.807) is 0 Å². The quantitative estimate of drug-likeness (QED) is 0.108. The zero-order valence-corrected chi connectivity index (χ0v) is 34.5. The van der Waals surface area contributed by atoms with E-state index in [4.69, 9.17) is 19.9 Å². The molecule has 4 aromatic heterocycles. The lowest BCUT2D eigenvalue weighted by Crippen LogP contribution is -1.97. The molecule has 0 aliphatic carbocycles. The summed E-state index contributed by atoms with van der Waals surface area (Å²) in [5.74, 6) is 0.672. The molecule has 10 rings (SSSR count). The van der Waals surface area contributed by atoms with Gasteiger partial charge in [-0.25, -0.2) is 19.9 Å². The predicted molar refractivity (Wildman–Crippen MR) is 256 cm³/mol. The molecule has 0 saturated carbocycles. The highest BCUT2D eigenvalue weighted by molar-refractivity contribution is 6.05. The molecule has 10 aromatic rings. The predicted octanol–water partition coefficient (Wildman–Crippen LogP) is 14.2. The Labute approximate surface area is 361 Å². The van der Waals surface area contributed by atoms with Crippen LogP contribution in [-0.4, -0.2) is 24.9 Å². The van der Waals surface area contributed by atoms with E-state index in [1.165, 1.54) is 5.56 Å². The maximum absolute atomic E-state index is 5.21. The maximum atomic E-state index is 5.21. The fourth-order valence-electron chi connectivity index (χ4n) is 8.14. The number of rotatable bonds is 9. The Hall–Kier alpha value is -8.15. The summed E-state index contributed by atoms with van der Waals surface area (Å²) in [7, 11) is 0. The van der Waals surface area contributed by atoms with E-state index in [1.807, 2.05) is 54.9 Å². The van der Waals surface area contributed by atoms with E-state index in [9.17, 15) is 0 Å². The molecule has 0 unspecified atom stereocenters. The van der Waals surface area contributed by atoms with E-state index in [-0.39, 0.29) is 0 Å². The molecule has 62 heavy (non-hydrogen) atoms. The van der Waals surface area contributed by atoms with Gasteiger partial charge in [-0.1, -0.05) is 164 Å². The summed E-state index contributed by atoms with van der Waals surface area (Å²) >= 11 is 0. The molecule has 0 atom stereocenters. The third-order valence-corrected chi connectivity index (χ3v) is 11.5. The molecule has 0 aliphatic rings. The van der Waals surface area contributed by atoms with Crippen LogP contribution in [0.2, 0.25) is 0 Å². The Bertz CT molecular complexity index is 3300. The van der Waals surface area contributed by atoms with Crippen LogP contribution in [0.15, 0.2) is 207 Å². The lowest BCUT2D eigenvalue weighted by Gasteiger charge is -2.13. The summed E-state index contributed by atoms with van der Waals surface area (Å²) in [6, 6.07) is 61.1. The molecule has 0 saturated heterocycles. The van der Waals surface area contributed by atoms with Crippen molar-refractivity contribution in [3.8, 4) is 67.5 Å². The summed E-state index contributed by atoms with van der Waals surface area (Å²) < 4.78 is 0. The second kappa shape index (κ2) is 16.5. The van der Waals surface area contributed by atoms with Crippen LogP contribution >= 0.6 is 0 Å². The first-order valence-electron chi connectivity index (χ1n) is 20.8. The first kappa shape index (κ1) is 38.1. The summed E-state index contributed by atoms with van der Waals surface area (Å²) in [6.45, 7) is 8.25. The van der Waals surface area contributed by atoms with Crippen molar-refractivity contribution in [2.75, 3.05) is 0 Å². The fourth-order valence-corrected chi connectivity index (χ4v) is 8.14. The van der Waals surface area contributed by atoms with Crippen LogP contribution in [0.5, 0.6) is 0 Å². The monoisotopic (exact) mass is 795 g/mol. The average molecular weight is 796 g/mol. The summed E-state index contributed by atoms with van der Waals surface area (Å²) in [5.41, 5.74) is 18.2. The van der Waals surface area contributed by atoms with Crippen LogP contribution in [0.25, 0.3) is 94.9 Å². The van der Waals surface area contributed by atoms with Gasteiger partial charge in [0.1, 0.15) is 0 Å². The van der Waals surface area contributed by atoms with Crippen molar-refractivity contribution >= 4 is 27.4 Å². The molecular formula is C57H41N5. The zero-order valence-electron chi connectivity index (χ0n) is 34.5. The van der Waals surface area contributed by atoms with Crippen LogP contribution in [0.1, 0.15) is 22.3 Å². The maximum Gasteiger partial charge on any atom is 0.160 e. The van der Waals surface area contributed by atoms with Crippen molar-refractivity contribution in [2.24, 2.45) is 0 Å². The largest absolute Gasteiger partial charge is 0.264 e. The van der Waals surface area contributed by atoms with E-state index in [2.05, 4.69) is 171 Å². The molecule has 4 heterocycles. The van der Waals surface area contributed by atoms with Crippen molar-refractivity contribution in [2.45, 2.75) is 13.8 Å². The van der Waals surface area contributed by atoms with E-state index < -0.39 is 0 Å². The molecule has 0 aliphatic heterocycles. The number of hydrogen-bond acceptors (Lipinski definition) is 5. The van der Waals surface area contributed by atoms with E-state index in [0.717, 1.165) is 106 Å². The lowest BCUT2D eigenvalue weighted by atomic mass is 9.93. The van der Waals surface area contributed by atoms with Crippen molar-refractivity contribution in [1.82, 2.24) is 24.9 Å². The van der Waals surface area contributed by atoms with E-state index in [0.29, 0.717) is 5.82 Å². The Morgan fingerprint density at radius 2 is 1.03 bits per heavy atom. The standard InChI is InChI=1S/C57H41N5/c1-4-12-49(50-36-58-32-31-37(50)2)46-17-11-18-47(34-46)54-35-53(61-57(62-54)45-15-9-6-10-16-45)43-25-21-40(22-26-43)39-19-23-42(24-20-39)51-30-28-44-27-29-48-38(3)33-52(41-13-7-5-8-14-41)60-56(48)55(44)59-51/h4-36H,1H2,2-3H3/b49-12-. The zero-order chi connectivity index (χ0) is 42.0. The van der Waals surface area contributed by atoms with Crippen LogP contribution in [0, 0.1) is 13.8 Å². The summed E-state index contributed by atoms with van der Waals surface area (Å²) in [6.07, 6.45) is 7.60. The molecule has 294 valence electrons. The SMILES string of the molecule is C=C/C=C(/c1cccc(-c2cc(-c3ccc(-c4ccc(-c5ccc6ccc7c(C)cc(-c8ccccc8)nc7c6n5)cc4)cc3)nc(-c3ccccc3)n2)c1)c1cnccc1C. The first-order valence-corrected chi connectivity index (χ1v) is 20.8. The highest BCUT2D eigenvalue weighted by Crippen LogP contribution is 2.34. The molecule has 6 aromatic carbocycles. The summed E-state index contributed by atoms with van der Waals surface area (Å²) in [4.78, 5) is 25.0. The number of hydrogen-bond donors (Lipinski definition) is 0. The topological polar surface area (TPSA) is 64.5 Å². The first-order chi connectivity index (χ1) is 30.5. The Morgan fingerprint density at radius 3 is 1.73 bits per heavy atom. The molecule has 0 radical (unpaired) electrons. The van der Waals surface area contributed by atoms with Crippen LogP contribution in [-0.2, 0) is 0 Å². The third kappa shape index (κ3) is 7.48. The second-order valence-electron chi connectivity index (χ2n) is 15.5. The number of aromatic nitrogens is 5. The van der Waals surface area contributed by atoms with Gasteiger partial charge in [-0.15, -0.1) is 0 Å². The minimum absolute atomic E-state index is 0.672. The van der Waals surface area contributed by atoms with E-state index >= 15 is 0 Å². The van der Waals surface area contributed by atoms with Crippen LogP contribution in [0.3, 0.4) is 0 Å². The second-order valence-corrected chi connectivity index (χ2v) is 15.5. The molecule has 5 heteroatoms. The molecule has 0 amide bonds. The van der Waals surface area contributed by atoms with Gasteiger partial charge in [0.2, 0.25) is 0 Å². The van der Waals surface area contributed by atoms with Gasteiger partial charge in [-0.05, 0) is 77.6 Å². The third-order valence-electron chi connectivity index (χ3n) is 11.5.